The summed E-state index contributed by atoms with van der Waals surface area (Å²) in [5.74, 6) is 0.917. The van der Waals surface area contributed by atoms with E-state index in [0.29, 0.717) is 5.41 Å². The third-order valence-electron chi connectivity index (χ3n) is 5.17. The average Bonchev–Trinajstić information content (AvgIpc) is 2.32. The van der Waals surface area contributed by atoms with Gasteiger partial charge in [-0.1, -0.05) is 27.7 Å². The minimum atomic E-state index is 0.574. The van der Waals surface area contributed by atoms with Crippen LogP contribution in [0.15, 0.2) is 0 Å². The number of nitrogens with zero attached hydrogens (tertiary/aromatic N) is 1. The van der Waals surface area contributed by atoms with Crippen molar-refractivity contribution in [3.05, 3.63) is 0 Å². The summed E-state index contributed by atoms with van der Waals surface area (Å²) in [5.41, 5.74) is 0.574. The molecule has 1 N–H and O–H groups in total. The molecular weight excluding hydrogens is 220 g/mol. The van der Waals surface area contributed by atoms with Crippen LogP contribution in [-0.4, -0.2) is 36.6 Å². The fourth-order valence-electron chi connectivity index (χ4n) is 3.72. The van der Waals surface area contributed by atoms with Crippen LogP contribution in [0.3, 0.4) is 0 Å². The van der Waals surface area contributed by atoms with E-state index in [4.69, 9.17) is 0 Å². The lowest BCUT2D eigenvalue weighted by molar-refractivity contribution is 0.0475. The number of likely N-dealkylation sites (tertiary alicyclic amines) is 1. The third-order valence-corrected chi connectivity index (χ3v) is 5.17. The lowest BCUT2D eigenvalue weighted by Crippen LogP contribution is -2.55. The number of likely N-dealkylation sites (N-methyl/N-ethyl adjacent to an activating group) is 1. The number of hydrogen-bond donors (Lipinski definition) is 1. The molecule has 1 heterocycles. The zero-order valence-electron chi connectivity index (χ0n) is 12.8. The summed E-state index contributed by atoms with van der Waals surface area (Å²) in [7, 11) is 0. The van der Waals surface area contributed by atoms with Crippen LogP contribution in [-0.2, 0) is 0 Å². The van der Waals surface area contributed by atoms with Gasteiger partial charge in [-0.25, -0.2) is 0 Å². The number of nitrogens with one attached hydrogen (secondary N) is 1. The smallest absolute Gasteiger partial charge is 0.0251 e. The van der Waals surface area contributed by atoms with Crippen molar-refractivity contribution >= 4 is 0 Å². The second-order valence-corrected chi connectivity index (χ2v) is 7.35. The topological polar surface area (TPSA) is 15.3 Å². The second kappa shape index (κ2) is 5.92. The van der Waals surface area contributed by atoms with Crippen molar-refractivity contribution in [3.8, 4) is 0 Å². The van der Waals surface area contributed by atoms with E-state index in [-0.39, 0.29) is 0 Å². The van der Waals surface area contributed by atoms with Crippen LogP contribution in [0.25, 0.3) is 0 Å². The Bertz CT molecular complexity index is 252. The first-order valence-corrected chi connectivity index (χ1v) is 7.99. The molecule has 0 amide bonds. The second-order valence-electron chi connectivity index (χ2n) is 7.35. The van der Waals surface area contributed by atoms with Crippen LogP contribution in [0.2, 0.25) is 0 Å². The average molecular weight is 252 g/mol. The molecule has 2 nitrogen and oxygen atoms in total. The van der Waals surface area contributed by atoms with Gasteiger partial charge in [0, 0.05) is 12.1 Å². The van der Waals surface area contributed by atoms with Gasteiger partial charge < -0.3 is 5.32 Å². The standard InChI is InChI=1S/C16H32N2/c1-5-17-14-7-6-13(2)12-15(14)18-10-8-16(3,4)9-11-18/h13-15,17H,5-12H2,1-4H3. The summed E-state index contributed by atoms with van der Waals surface area (Å²) in [6.45, 7) is 13.3. The van der Waals surface area contributed by atoms with E-state index in [2.05, 4.69) is 37.9 Å². The fraction of sp³-hybridized carbons (Fsp3) is 1.00. The first-order valence-electron chi connectivity index (χ1n) is 7.99. The molecule has 0 spiro atoms. The molecule has 1 aliphatic heterocycles. The summed E-state index contributed by atoms with van der Waals surface area (Å²) in [6, 6.07) is 1.54. The highest BCUT2D eigenvalue weighted by atomic mass is 15.2. The van der Waals surface area contributed by atoms with E-state index in [1.807, 2.05) is 0 Å². The molecular formula is C16H32N2. The Morgan fingerprint density at radius 3 is 2.44 bits per heavy atom. The highest BCUT2D eigenvalue weighted by Gasteiger charge is 2.35. The zero-order valence-corrected chi connectivity index (χ0v) is 12.8. The van der Waals surface area contributed by atoms with Crippen LogP contribution < -0.4 is 5.32 Å². The molecule has 3 unspecified atom stereocenters. The van der Waals surface area contributed by atoms with Crippen LogP contribution in [0.4, 0.5) is 0 Å². The van der Waals surface area contributed by atoms with Crippen molar-refractivity contribution in [1.82, 2.24) is 10.2 Å². The summed E-state index contributed by atoms with van der Waals surface area (Å²) < 4.78 is 0. The highest BCUT2D eigenvalue weighted by Crippen LogP contribution is 2.34. The Hall–Kier alpha value is -0.0800. The quantitative estimate of drug-likeness (QED) is 0.829. The van der Waals surface area contributed by atoms with Crippen molar-refractivity contribution < 1.29 is 0 Å². The molecule has 0 aromatic heterocycles. The third kappa shape index (κ3) is 3.48. The van der Waals surface area contributed by atoms with Crippen LogP contribution in [0, 0.1) is 11.3 Å². The van der Waals surface area contributed by atoms with Gasteiger partial charge in [-0.15, -0.1) is 0 Å². The predicted octanol–water partition coefficient (Wildman–Crippen LogP) is 3.28. The highest BCUT2D eigenvalue weighted by molar-refractivity contribution is 4.92. The van der Waals surface area contributed by atoms with E-state index in [1.54, 1.807) is 0 Å². The van der Waals surface area contributed by atoms with Gasteiger partial charge in [0.05, 0.1) is 0 Å². The molecule has 0 aromatic carbocycles. The monoisotopic (exact) mass is 252 g/mol. The maximum Gasteiger partial charge on any atom is 0.0251 e. The Labute approximate surface area is 114 Å². The lowest BCUT2D eigenvalue weighted by Gasteiger charge is -2.47. The molecule has 0 bridgehead atoms. The van der Waals surface area contributed by atoms with Crippen molar-refractivity contribution in [1.29, 1.82) is 0 Å². The molecule has 2 heteroatoms. The van der Waals surface area contributed by atoms with Crippen molar-refractivity contribution in [2.24, 2.45) is 11.3 Å². The van der Waals surface area contributed by atoms with Gasteiger partial charge in [0.1, 0.15) is 0 Å². The summed E-state index contributed by atoms with van der Waals surface area (Å²) >= 11 is 0. The number of rotatable bonds is 3. The molecule has 1 aliphatic carbocycles. The Balaban J connectivity index is 1.95. The molecule has 0 radical (unpaired) electrons. The van der Waals surface area contributed by atoms with E-state index in [0.717, 1.165) is 24.5 Å². The minimum Gasteiger partial charge on any atom is -0.313 e. The van der Waals surface area contributed by atoms with Crippen LogP contribution in [0.5, 0.6) is 0 Å². The first kappa shape index (κ1) is 14.3. The van der Waals surface area contributed by atoms with Crippen LogP contribution in [0.1, 0.15) is 59.8 Å². The SMILES string of the molecule is CCNC1CCC(C)CC1N1CCC(C)(C)CC1. The summed E-state index contributed by atoms with van der Waals surface area (Å²) in [5, 5.41) is 3.73. The van der Waals surface area contributed by atoms with Crippen molar-refractivity contribution in [2.45, 2.75) is 71.9 Å². The molecule has 18 heavy (non-hydrogen) atoms. The van der Waals surface area contributed by atoms with E-state index in [1.165, 1.54) is 45.2 Å². The minimum absolute atomic E-state index is 0.574. The molecule has 2 rings (SSSR count). The van der Waals surface area contributed by atoms with Gasteiger partial charge in [-0.05, 0) is 63.1 Å². The van der Waals surface area contributed by atoms with Gasteiger partial charge in [-0.2, -0.15) is 0 Å². The lowest BCUT2D eigenvalue weighted by atomic mass is 9.78. The molecule has 2 aliphatic rings. The number of piperidine rings is 1. The zero-order chi connectivity index (χ0) is 13.2. The maximum atomic E-state index is 3.73. The first-order chi connectivity index (χ1) is 8.52. The van der Waals surface area contributed by atoms with Crippen molar-refractivity contribution in [3.63, 3.8) is 0 Å². The Morgan fingerprint density at radius 2 is 1.83 bits per heavy atom. The van der Waals surface area contributed by atoms with Gasteiger partial charge in [0.15, 0.2) is 0 Å². The van der Waals surface area contributed by atoms with Crippen LogP contribution >= 0.6 is 0 Å². The normalized spacial score (nSPS) is 37.7. The Morgan fingerprint density at radius 1 is 1.17 bits per heavy atom. The fourth-order valence-corrected chi connectivity index (χ4v) is 3.72. The predicted molar refractivity (Wildman–Crippen MR) is 78.9 cm³/mol. The molecule has 106 valence electrons. The summed E-state index contributed by atoms with van der Waals surface area (Å²) in [4.78, 5) is 2.79. The maximum absolute atomic E-state index is 3.73. The molecule has 2 fully saturated rings. The molecule has 1 saturated heterocycles. The number of hydrogen-bond acceptors (Lipinski definition) is 2. The Kier molecular flexibility index (Phi) is 4.71. The van der Waals surface area contributed by atoms with Gasteiger partial charge >= 0.3 is 0 Å². The van der Waals surface area contributed by atoms with Gasteiger partial charge in [0.2, 0.25) is 0 Å². The van der Waals surface area contributed by atoms with E-state index in [9.17, 15) is 0 Å². The largest absolute Gasteiger partial charge is 0.313 e. The summed E-state index contributed by atoms with van der Waals surface area (Å²) in [6.07, 6.45) is 6.93. The molecule has 3 atom stereocenters. The molecule has 0 aromatic rings. The van der Waals surface area contributed by atoms with Gasteiger partial charge in [0.25, 0.3) is 0 Å². The molecule has 1 saturated carbocycles. The van der Waals surface area contributed by atoms with Gasteiger partial charge in [-0.3, -0.25) is 4.90 Å². The van der Waals surface area contributed by atoms with E-state index >= 15 is 0 Å². The van der Waals surface area contributed by atoms with E-state index < -0.39 is 0 Å². The van der Waals surface area contributed by atoms with Crippen molar-refractivity contribution in [2.75, 3.05) is 19.6 Å².